The van der Waals surface area contributed by atoms with Crippen molar-refractivity contribution in [3.05, 3.63) is 0 Å². The van der Waals surface area contributed by atoms with Crippen molar-refractivity contribution in [2.24, 2.45) is 0 Å². The Hall–Kier alpha value is -0.650. The summed E-state index contributed by atoms with van der Waals surface area (Å²) in [4.78, 5) is 10.2. The van der Waals surface area contributed by atoms with E-state index in [-0.39, 0.29) is 13.0 Å². The minimum absolute atomic E-state index is 0.350. The fraction of sp³-hybridized carbons (Fsp3) is 0.750. The molecule has 0 N–H and O–H groups in total. The van der Waals surface area contributed by atoms with E-state index in [2.05, 4.69) is 4.74 Å². The largest absolute Gasteiger partial charge is 0.464 e. The van der Waals surface area contributed by atoms with Crippen LogP contribution in [0.2, 0.25) is 0 Å². The van der Waals surface area contributed by atoms with Crippen LogP contribution in [0, 0.1) is 0 Å². The molecule has 6 heteroatoms. The number of rotatable bonds is 1. The van der Waals surface area contributed by atoms with Gasteiger partial charge in [-0.1, -0.05) is 0 Å². The van der Waals surface area contributed by atoms with Crippen LogP contribution in [-0.4, -0.2) is 26.2 Å². The summed E-state index contributed by atoms with van der Waals surface area (Å²) < 4.78 is 36.4. The van der Waals surface area contributed by atoms with Gasteiger partial charge < -0.3 is 4.74 Å². The lowest BCUT2D eigenvalue weighted by atomic mass is 10.4. The molecule has 1 unspecified atom stereocenters. The predicted molar refractivity (Wildman–Crippen MR) is 29.4 cm³/mol. The number of hydrogen-bond acceptors (Lipinski definition) is 4. The van der Waals surface area contributed by atoms with Gasteiger partial charge >= 0.3 is 16.2 Å². The van der Waals surface area contributed by atoms with E-state index in [1.165, 1.54) is 0 Å². The third kappa shape index (κ3) is 1.44. The van der Waals surface area contributed by atoms with Crippen LogP contribution in [0.5, 0.6) is 0 Å². The van der Waals surface area contributed by atoms with Gasteiger partial charge in [-0.2, -0.15) is 8.42 Å². The molecular weight excluding hydrogens is 163 g/mol. The highest BCUT2D eigenvalue weighted by molar-refractivity contribution is 7.87. The molecule has 0 spiro atoms. The van der Waals surface area contributed by atoms with Crippen molar-refractivity contribution in [1.82, 2.24) is 0 Å². The standard InChI is InChI=1S/C4H5FO4S/c5-10(7,8)3-1-4(6)9-2-3/h3H,1-2H2. The minimum atomic E-state index is -4.58. The second kappa shape index (κ2) is 2.19. The van der Waals surface area contributed by atoms with E-state index < -0.39 is 21.4 Å². The van der Waals surface area contributed by atoms with Gasteiger partial charge in [0.2, 0.25) is 0 Å². The summed E-state index contributed by atoms with van der Waals surface area (Å²) in [6.07, 6.45) is -0.362. The van der Waals surface area contributed by atoms with Crippen LogP contribution < -0.4 is 0 Å². The fourth-order valence-corrected chi connectivity index (χ4v) is 1.24. The van der Waals surface area contributed by atoms with E-state index in [1.54, 1.807) is 0 Å². The molecule has 1 aliphatic rings. The van der Waals surface area contributed by atoms with Crippen molar-refractivity contribution in [1.29, 1.82) is 0 Å². The van der Waals surface area contributed by atoms with Crippen molar-refractivity contribution < 1.29 is 21.8 Å². The first-order valence-corrected chi connectivity index (χ1v) is 4.04. The lowest BCUT2D eigenvalue weighted by molar-refractivity contribution is -0.137. The van der Waals surface area contributed by atoms with Gasteiger partial charge in [-0.25, -0.2) is 0 Å². The van der Waals surface area contributed by atoms with E-state index in [4.69, 9.17) is 0 Å². The molecule has 0 aromatic heterocycles. The summed E-state index contributed by atoms with van der Waals surface area (Å²) in [6, 6.07) is 0. The molecule has 58 valence electrons. The second-order valence-corrected chi connectivity index (χ2v) is 3.60. The lowest BCUT2D eigenvalue weighted by Gasteiger charge is -1.95. The monoisotopic (exact) mass is 168 g/mol. The summed E-state index contributed by atoms with van der Waals surface area (Å²) in [5.41, 5.74) is 0. The minimum Gasteiger partial charge on any atom is -0.464 e. The van der Waals surface area contributed by atoms with Gasteiger partial charge in [0.05, 0.1) is 6.42 Å². The maximum atomic E-state index is 12.0. The van der Waals surface area contributed by atoms with Crippen LogP contribution in [-0.2, 0) is 19.8 Å². The Morgan fingerprint density at radius 1 is 1.60 bits per heavy atom. The van der Waals surface area contributed by atoms with Crippen molar-refractivity contribution >= 4 is 16.2 Å². The predicted octanol–water partition coefficient (Wildman–Crippen LogP) is -0.399. The van der Waals surface area contributed by atoms with Gasteiger partial charge in [0.15, 0.2) is 0 Å². The first kappa shape index (κ1) is 7.46. The Balaban J connectivity index is 2.71. The molecule has 10 heavy (non-hydrogen) atoms. The second-order valence-electron chi connectivity index (χ2n) is 1.98. The highest BCUT2D eigenvalue weighted by Gasteiger charge is 2.34. The van der Waals surface area contributed by atoms with Crippen LogP contribution >= 0.6 is 0 Å². The van der Waals surface area contributed by atoms with Gasteiger partial charge in [-0.3, -0.25) is 4.79 Å². The van der Waals surface area contributed by atoms with Crippen molar-refractivity contribution in [2.75, 3.05) is 6.61 Å². The molecular formula is C4H5FO4S. The number of carbonyl (C=O) groups is 1. The summed E-state index contributed by atoms with van der Waals surface area (Å²) in [5, 5.41) is -1.28. The van der Waals surface area contributed by atoms with Gasteiger partial charge in [-0.05, 0) is 0 Å². The number of cyclic esters (lactones) is 1. The van der Waals surface area contributed by atoms with E-state index in [1.807, 2.05) is 0 Å². The van der Waals surface area contributed by atoms with Gasteiger partial charge in [0, 0.05) is 0 Å². The first-order valence-electron chi connectivity index (χ1n) is 2.59. The molecule has 4 nitrogen and oxygen atoms in total. The van der Waals surface area contributed by atoms with Crippen LogP contribution in [0.15, 0.2) is 0 Å². The van der Waals surface area contributed by atoms with E-state index in [0.29, 0.717) is 0 Å². The zero-order valence-electron chi connectivity index (χ0n) is 4.91. The van der Waals surface area contributed by atoms with Crippen molar-refractivity contribution in [3.8, 4) is 0 Å². The number of carbonyl (C=O) groups excluding carboxylic acids is 1. The number of hydrogen-bond donors (Lipinski definition) is 0. The molecule has 1 saturated heterocycles. The third-order valence-electron chi connectivity index (χ3n) is 1.22. The summed E-state index contributed by atoms with van der Waals surface area (Å²) >= 11 is 0. The van der Waals surface area contributed by atoms with Crippen LogP contribution in [0.1, 0.15) is 6.42 Å². The van der Waals surface area contributed by atoms with Gasteiger partial charge in [0.25, 0.3) is 0 Å². The molecule has 0 aliphatic carbocycles. The summed E-state index contributed by atoms with van der Waals surface area (Å²) in [5.74, 6) is -0.661. The quantitative estimate of drug-likeness (QED) is 0.395. The van der Waals surface area contributed by atoms with Gasteiger partial charge in [0.1, 0.15) is 11.9 Å². The molecule has 0 radical (unpaired) electrons. The maximum absolute atomic E-state index is 12.0. The molecule has 0 aromatic rings. The highest BCUT2D eigenvalue weighted by Crippen LogP contribution is 2.15. The first-order chi connectivity index (χ1) is 4.50. The molecule has 1 rings (SSSR count). The number of halogens is 1. The Morgan fingerprint density at radius 3 is 2.40 bits per heavy atom. The molecule has 0 saturated carbocycles. The Morgan fingerprint density at radius 2 is 2.20 bits per heavy atom. The Kier molecular flexibility index (Phi) is 1.63. The highest BCUT2D eigenvalue weighted by atomic mass is 32.3. The molecule has 1 atom stereocenters. The smallest absolute Gasteiger partial charge is 0.309 e. The summed E-state index contributed by atoms with van der Waals surface area (Å²) in [7, 11) is -4.58. The lowest BCUT2D eigenvalue weighted by Crippen LogP contribution is -2.16. The average molecular weight is 168 g/mol. The SMILES string of the molecule is O=C1CC(S(=O)(=O)F)CO1. The third-order valence-corrected chi connectivity index (χ3v) is 2.32. The zero-order chi connectivity index (χ0) is 7.78. The van der Waals surface area contributed by atoms with E-state index >= 15 is 0 Å². The zero-order valence-corrected chi connectivity index (χ0v) is 5.73. The normalized spacial score (nSPS) is 26.5. The molecule has 0 amide bonds. The molecule has 1 heterocycles. The van der Waals surface area contributed by atoms with Crippen molar-refractivity contribution in [2.45, 2.75) is 11.7 Å². The van der Waals surface area contributed by atoms with Crippen LogP contribution in [0.25, 0.3) is 0 Å². The summed E-state index contributed by atoms with van der Waals surface area (Å²) in [6.45, 7) is -0.350. The molecule has 0 bridgehead atoms. The maximum Gasteiger partial charge on any atom is 0.309 e. The van der Waals surface area contributed by atoms with E-state index in [0.717, 1.165) is 0 Å². The number of ether oxygens (including phenoxy) is 1. The van der Waals surface area contributed by atoms with Crippen LogP contribution in [0.4, 0.5) is 3.89 Å². The topological polar surface area (TPSA) is 60.4 Å². The number of esters is 1. The van der Waals surface area contributed by atoms with Crippen molar-refractivity contribution in [3.63, 3.8) is 0 Å². The van der Waals surface area contributed by atoms with Gasteiger partial charge in [-0.15, -0.1) is 3.89 Å². The Bertz CT molecular complexity index is 244. The van der Waals surface area contributed by atoms with E-state index in [9.17, 15) is 17.1 Å². The molecule has 0 aromatic carbocycles. The molecule has 1 fully saturated rings. The Labute approximate surface area is 57.2 Å². The van der Waals surface area contributed by atoms with Crippen LogP contribution in [0.3, 0.4) is 0 Å². The molecule has 1 aliphatic heterocycles. The average Bonchev–Trinajstić information content (AvgIpc) is 2.11. The fourth-order valence-electron chi connectivity index (χ4n) is 0.670.